The molecule has 0 saturated heterocycles. The number of rotatable bonds is 5. The summed E-state index contributed by atoms with van der Waals surface area (Å²) in [4.78, 5) is 11.0. The highest BCUT2D eigenvalue weighted by molar-refractivity contribution is 6.32. The van der Waals surface area contributed by atoms with Crippen LogP contribution in [0.5, 0.6) is 0 Å². The van der Waals surface area contributed by atoms with Gasteiger partial charge in [0.2, 0.25) is 5.95 Å². The van der Waals surface area contributed by atoms with Gasteiger partial charge in [-0.05, 0) is 38.0 Å². The number of hydrogen-bond acceptors (Lipinski definition) is 4. The van der Waals surface area contributed by atoms with Gasteiger partial charge in [-0.15, -0.1) is 0 Å². The van der Waals surface area contributed by atoms with Gasteiger partial charge in [0.15, 0.2) is 5.82 Å². The molecular formula is C15H25ClN4. The minimum Gasteiger partial charge on any atom is -0.355 e. The van der Waals surface area contributed by atoms with E-state index < -0.39 is 0 Å². The molecular weight excluding hydrogens is 272 g/mol. The van der Waals surface area contributed by atoms with Gasteiger partial charge in [-0.3, -0.25) is 0 Å². The average molecular weight is 297 g/mol. The Balaban J connectivity index is 2.09. The maximum Gasteiger partial charge on any atom is 0.224 e. The molecule has 0 unspecified atom stereocenters. The van der Waals surface area contributed by atoms with Crippen LogP contribution >= 0.6 is 11.6 Å². The molecule has 0 radical (unpaired) electrons. The average Bonchev–Trinajstić information content (AvgIpc) is 2.46. The van der Waals surface area contributed by atoms with Crippen molar-refractivity contribution in [3.05, 3.63) is 11.2 Å². The Morgan fingerprint density at radius 1 is 1.35 bits per heavy atom. The number of anilines is 2. The lowest BCUT2D eigenvalue weighted by atomic mass is 9.87. The third-order valence-electron chi connectivity index (χ3n) is 4.13. The summed E-state index contributed by atoms with van der Waals surface area (Å²) in [6.07, 6.45) is 7.77. The minimum absolute atomic E-state index is 0.539. The van der Waals surface area contributed by atoms with E-state index >= 15 is 0 Å². The minimum atomic E-state index is 0.539. The maximum atomic E-state index is 6.28. The van der Waals surface area contributed by atoms with E-state index in [1.54, 1.807) is 6.20 Å². The van der Waals surface area contributed by atoms with Crippen LogP contribution in [0.25, 0.3) is 0 Å². The lowest BCUT2D eigenvalue weighted by Gasteiger charge is -2.34. The van der Waals surface area contributed by atoms with E-state index in [0.717, 1.165) is 24.7 Å². The molecule has 112 valence electrons. The smallest absolute Gasteiger partial charge is 0.224 e. The third kappa shape index (κ3) is 3.75. The number of aromatic nitrogens is 2. The molecule has 0 atom stereocenters. The summed E-state index contributed by atoms with van der Waals surface area (Å²) in [5.41, 5.74) is 0. The molecule has 1 heterocycles. The Kier molecular flexibility index (Phi) is 5.46. The second kappa shape index (κ2) is 7.11. The maximum absolute atomic E-state index is 6.28. The van der Waals surface area contributed by atoms with Crippen LogP contribution in [0.3, 0.4) is 0 Å². The van der Waals surface area contributed by atoms with Crippen LogP contribution in [0, 0.1) is 5.92 Å². The molecule has 0 aliphatic heterocycles. The highest BCUT2D eigenvalue weighted by atomic mass is 35.5. The molecule has 1 fully saturated rings. The number of nitrogens with one attached hydrogen (secondary N) is 1. The van der Waals surface area contributed by atoms with E-state index in [0.29, 0.717) is 17.0 Å². The van der Waals surface area contributed by atoms with Crippen molar-refractivity contribution >= 4 is 23.4 Å². The molecule has 1 saturated carbocycles. The molecule has 2 rings (SSSR count). The predicted molar refractivity (Wildman–Crippen MR) is 85.6 cm³/mol. The number of halogens is 1. The standard InChI is InChI=1S/C15H25ClN4/c1-4-9-17-15-18-10-13(16)14(19-15)20(3)12-7-5-11(2)6-8-12/h10-12H,4-9H2,1-3H3,(H,17,18,19). The van der Waals surface area contributed by atoms with E-state index in [-0.39, 0.29) is 0 Å². The lowest BCUT2D eigenvalue weighted by Crippen LogP contribution is -2.35. The van der Waals surface area contributed by atoms with Gasteiger partial charge in [0, 0.05) is 19.6 Å². The summed E-state index contributed by atoms with van der Waals surface area (Å²) in [6.45, 7) is 5.34. The molecule has 4 nitrogen and oxygen atoms in total. The van der Waals surface area contributed by atoms with Gasteiger partial charge in [-0.2, -0.15) is 4.98 Å². The first kappa shape index (κ1) is 15.4. The van der Waals surface area contributed by atoms with Crippen LogP contribution in [0.15, 0.2) is 6.20 Å². The molecule has 1 aliphatic carbocycles. The van der Waals surface area contributed by atoms with Crippen LogP contribution in [0.1, 0.15) is 46.0 Å². The lowest BCUT2D eigenvalue weighted by molar-refractivity contribution is 0.340. The Hall–Kier alpha value is -1.03. The zero-order chi connectivity index (χ0) is 14.5. The zero-order valence-corrected chi connectivity index (χ0v) is 13.5. The molecule has 0 spiro atoms. The molecule has 1 aromatic heterocycles. The molecule has 20 heavy (non-hydrogen) atoms. The first-order chi connectivity index (χ1) is 9.61. The van der Waals surface area contributed by atoms with Crippen LogP contribution in [0.2, 0.25) is 5.02 Å². The Morgan fingerprint density at radius 2 is 2.05 bits per heavy atom. The second-order valence-electron chi connectivity index (χ2n) is 5.82. The summed E-state index contributed by atoms with van der Waals surface area (Å²) in [5.74, 6) is 2.37. The van der Waals surface area contributed by atoms with E-state index in [4.69, 9.17) is 11.6 Å². The largest absolute Gasteiger partial charge is 0.355 e. The van der Waals surface area contributed by atoms with E-state index in [2.05, 4.69) is 41.1 Å². The van der Waals surface area contributed by atoms with Gasteiger partial charge in [0.1, 0.15) is 5.02 Å². The highest BCUT2D eigenvalue weighted by Gasteiger charge is 2.24. The highest BCUT2D eigenvalue weighted by Crippen LogP contribution is 2.31. The van der Waals surface area contributed by atoms with Gasteiger partial charge in [0.05, 0.1) is 6.20 Å². The van der Waals surface area contributed by atoms with Crippen LogP contribution in [-0.2, 0) is 0 Å². The molecule has 0 amide bonds. The van der Waals surface area contributed by atoms with Gasteiger partial charge in [0.25, 0.3) is 0 Å². The van der Waals surface area contributed by atoms with E-state index in [1.807, 2.05) is 0 Å². The fourth-order valence-corrected chi connectivity index (χ4v) is 2.95. The Labute approximate surface area is 126 Å². The first-order valence-corrected chi connectivity index (χ1v) is 7.98. The SMILES string of the molecule is CCCNc1ncc(Cl)c(N(C)C2CCC(C)CC2)n1. The molecule has 1 aromatic rings. The van der Waals surface area contributed by atoms with Crippen molar-refractivity contribution in [2.45, 2.75) is 52.0 Å². The Morgan fingerprint density at radius 3 is 2.70 bits per heavy atom. The van der Waals surface area contributed by atoms with Crippen LogP contribution in [-0.4, -0.2) is 29.6 Å². The molecule has 0 aromatic carbocycles. The molecule has 5 heteroatoms. The van der Waals surface area contributed by atoms with E-state index in [9.17, 15) is 0 Å². The van der Waals surface area contributed by atoms with Crippen molar-refractivity contribution in [2.24, 2.45) is 5.92 Å². The zero-order valence-electron chi connectivity index (χ0n) is 12.7. The molecule has 1 N–H and O–H groups in total. The van der Waals surface area contributed by atoms with Crippen LogP contribution in [0.4, 0.5) is 11.8 Å². The van der Waals surface area contributed by atoms with Gasteiger partial charge >= 0.3 is 0 Å². The fourth-order valence-electron chi connectivity index (χ4n) is 2.73. The monoisotopic (exact) mass is 296 g/mol. The summed E-state index contributed by atoms with van der Waals surface area (Å²) in [7, 11) is 2.10. The number of hydrogen-bond donors (Lipinski definition) is 1. The summed E-state index contributed by atoms with van der Waals surface area (Å²) >= 11 is 6.28. The Bertz CT molecular complexity index is 430. The topological polar surface area (TPSA) is 41.1 Å². The quantitative estimate of drug-likeness (QED) is 0.893. The van der Waals surface area contributed by atoms with Crippen LogP contribution < -0.4 is 10.2 Å². The van der Waals surface area contributed by atoms with Crippen molar-refractivity contribution < 1.29 is 0 Å². The molecule has 0 bridgehead atoms. The molecule has 1 aliphatic rings. The summed E-state index contributed by atoms with van der Waals surface area (Å²) in [5, 5.41) is 3.85. The predicted octanol–water partition coefficient (Wildman–Crippen LogP) is 3.97. The number of nitrogens with zero attached hydrogens (tertiary/aromatic N) is 3. The summed E-state index contributed by atoms with van der Waals surface area (Å²) < 4.78 is 0. The van der Waals surface area contributed by atoms with Crippen molar-refractivity contribution in [3.8, 4) is 0 Å². The normalized spacial score (nSPS) is 22.6. The van der Waals surface area contributed by atoms with Crippen molar-refractivity contribution in [1.82, 2.24) is 9.97 Å². The summed E-state index contributed by atoms with van der Waals surface area (Å²) in [6, 6.07) is 0.539. The van der Waals surface area contributed by atoms with Gasteiger partial charge in [-0.25, -0.2) is 4.98 Å². The third-order valence-corrected chi connectivity index (χ3v) is 4.39. The second-order valence-corrected chi connectivity index (χ2v) is 6.22. The van der Waals surface area contributed by atoms with Gasteiger partial charge in [-0.1, -0.05) is 25.4 Å². The first-order valence-electron chi connectivity index (χ1n) is 7.61. The van der Waals surface area contributed by atoms with E-state index in [1.165, 1.54) is 25.7 Å². The van der Waals surface area contributed by atoms with Gasteiger partial charge < -0.3 is 10.2 Å². The van der Waals surface area contributed by atoms with Crippen molar-refractivity contribution in [1.29, 1.82) is 0 Å². The fraction of sp³-hybridized carbons (Fsp3) is 0.733. The van der Waals surface area contributed by atoms with Crippen molar-refractivity contribution in [2.75, 3.05) is 23.8 Å². The van der Waals surface area contributed by atoms with Crippen molar-refractivity contribution in [3.63, 3.8) is 0 Å².